The number of fused-ring (bicyclic) bond motifs is 1. The largest absolute Gasteiger partial charge is 0.288 e. The quantitative estimate of drug-likeness (QED) is 0.542. The Labute approximate surface area is 98.7 Å². The highest BCUT2D eigenvalue weighted by Gasteiger charge is 1.98. The van der Waals surface area contributed by atoms with E-state index in [9.17, 15) is 0 Å². The Morgan fingerprint density at radius 3 is 2.71 bits per heavy atom. The predicted octanol–water partition coefficient (Wildman–Crippen LogP) is 2.13. The third-order valence-electron chi connectivity index (χ3n) is 2.44. The first-order chi connectivity index (χ1) is 8.43. The van der Waals surface area contributed by atoms with Crippen molar-refractivity contribution in [2.75, 3.05) is 0 Å². The minimum atomic E-state index is 0.788. The van der Waals surface area contributed by atoms with Crippen LogP contribution in [-0.2, 0) is 0 Å². The molecule has 0 spiro atoms. The highest BCUT2D eigenvalue weighted by Crippen LogP contribution is 2.06. The molecule has 0 saturated heterocycles. The van der Waals surface area contributed by atoms with Gasteiger partial charge in [0.2, 0.25) is 0 Å². The standard InChI is InChI=1S/C14H9N3/c1-2-5-12(6-3-1)8-9-13-7-4-10-17-11-15-16-14(13)17/h1-7,10-11H. The van der Waals surface area contributed by atoms with E-state index in [2.05, 4.69) is 22.0 Å². The Morgan fingerprint density at radius 1 is 0.941 bits per heavy atom. The second-order valence-corrected chi connectivity index (χ2v) is 3.60. The number of nitrogens with zero attached hydrogens (tertiary/aromatic N) is 3. The second kappa shape index (κ2) is 4.11. The van der Waals surface area contributed by atoms with E-state index in [1.54, 1.807) is 6.33 Å². The molecule has 0 fully saturated rings. The molecular formula is C14H9N3. The second-order valence-electron chi connectivity index (χ2n) is 3.60. The zero-order chi connectivity index (χ0) is 11.5. The van der Waals surface area contributed by atoms with E-state index < -0.39 is 0 Å². The number of hydrogen-bond donors (Lipinski definition) is 0. The van der Waals surface area contributed by atoms with Gasteiger partial charge >= 0.3 is 0 Å². The Kier molecular flexibility index (Phi) is 2.32. The zero-order valence-electron chi connectivity index (χ0n) is 9.04. The lowest BCUT2D eigenvalue weighted by Crippen LogP contribution is -1.86. The molecule has 1 aromatic carbocycles. The number of aromatic nitrogens is 3. The molecule has 0 amide bonds. The summed E-state index contributed by atoms with van der Waals surface area (Å²) in [7, 11) is 0. The summed E-state index contributed by atoms with van der Waals surface area (Å²) in [6.07, 6.45) is 3.58. The van der Waals surface area contributed by atoms with Crippen molar-refractivity contribution in [3.8, 4) is 11.8 Å². The van der Waals surface area contributed by atoms with Gasteiger partial charge in [0.25, 0.3) is 0 Å². The van der Waals surface area contributed by atoms with Crippen molar-refractivity contribution in [1.29, 1.82) is 0 Å². The van der Waals surface area contributed by atoms with Crippen molar-refractivity contribution >= 4 is 5.65 Å². The number of pyridine rings is 1. The first-order valence-corrected chi connectivity index (χ1v) is 5.29. The van der Waals surface area contributed by atoms with Crippen molar-refractivity contribution in [2.24, 2.45) is 0 Å². The molecule has 3 nitrogen and oxygen atoms in total. The van der Waals surface area contributed by atoms with Crippen LogP contribution in [0.2, 0.25) is 0 Å². The van der Waals surface area contributed by atoms with Gasteiger partial charge in [0, 0.05) is 11.8 Å². The first kappa shape index (κ1) is 9.61. The molecule has 17 heavy (non-hydrogen) atoms. The SMILES string of the molecule is C(#Cc1cccn2cnnc12)c1ccccc1. The van der Waals surface area contributed by atoms with Gasteiger partial charge in [0.05, 0.1) is 5.56 Å². The van der Waals surface area contributed by atoms with Gasteiger partial charge in [-0.05, 0) is 24.3 Å². The van der Waals surface area contributed by atoms with Crippen LogP contribution in [0.3, 0.4) is 0 Å². The maximum atomic E-state index is 4.04. The van der Waals surface area contributed by atoms with Crippen molar-refractivity contribution in [2.45, 2.75) is 0 Å². The van der Waals surface area contributed by atoms with E-state index >= 15 is 0 Å². The summed E-state index contributed by atoms with van der Waals surface area (Å²) >= 11 is 0. The molecule has 2 aromatic heterocycles. The minimum absolute atomic E-state index is 0.788. The molecule has 0 atom stereocenters. The molecule has 3 heteroatoms. The summed E-state index contributed by atoms with van der Waals surface area (Å²) in [5.41, 5.74) is 2.67. The molecule has 0 aliphatic carbocycles. The molecule has 0 aliphatic rings. The molecule has 0 saturated carbocycles. The third-order valence-corrected chi connectivity index (χ3v) is 2.44. The fraction of sp³-hybridized carbons (Fsp3) is 0. The Balaban J connectivity index is 2.06. The van der Waals surface area contributed by atoms with Crippen LogP contribution in [0.1, 0.15) is 11.1 Å². The molecule has 3 aromatic rings. The molecule has 0 N–H and O–H groups in total. The molecule has 3 rings (SSSR count). The van der Waals surface area contributed by atoms with Crippen molar-refractivity contribution < 1.29 is 0 Å². The van der Waals surface area contributed by atoms with Gasteiger partial charge in [-0.3, -0.25) is 4.40 Å². The van der Waals surface area contributed by atoms with Crippen LogP contribution in [0.25, 0.3) is 5.65 Å². The van der Waals surface area contributed by atoms with Crippen LogP contribution in [0.15, 0.2) is 55.0 Å². The van der Waals surface area contributed by atoms with Gasteiger partial charge in [-0.25, -0.2) is 0 Å². The van der Waals surface area contributed by atoms with E-state index in [0.717, 1.165) is 16.8 Å². The highest BCUT2D eigenvalue weighted by molar-refractivity contribution is 5.57. The van der Waals surface area contributed by atoms with Crippen LogP contribution >= 0.6 is 0 Å². The molecule has 0 unspecified atom stereocenters. The van der Waals surface area contributed by atoms with Gasteiger partial charge in [0.1, 0.15) is 6.33 Å². The summed E-state index contributed by atoms with van der Waals surface area (Å²) in [6.45, 7) is 0. The van der Waals surface area contributed by atoms with Crippen molar-refractivity contribution in [3.05, 3.63) is 66.1 Å². The Morgan fingerprint density at radius 2 is 1.82 bits per heavy atom. The number of rotatable bonds is 0. The van der Waals surface area contributed by atoms with E-state index in [1.807, 2.05) is 53.1 Å². The third kappa shape index (κ3) is 1.88. The number of hydrogen-bond acceptors (Lipinski definition) is 2. The van der Waals surface area contributed by atoms with Crippen LogP contribution in [0.4, 0.5) is 0 Å². The smallest absolute Gasteiger partial charge is 0.176 e. The van der Waals surface area contributed by atoms with Crippen LogP contribution in [0.5, 0.6) is 0 Å². The van der Waals surface area contributed by atoms with Gasteiger partial charge < -0.3 is 0 Å². The van der Waals surface area contributed by atoms with Crippen LogP contribution < -0.4 is 0 Å². The Bertz CT molecular complexity index is 702. The molecule has 0 aliphatic heterocycles. The average molecular weight is 219 g/mol. The minimum Gasteiger partial charge on any atom is -0.288 e. The van der Waals surface area contributed by atoms with Gasteiger partial charge in [-0.15, -0.1) is 10.2 Å². The highest BCUT2D eigenvalue weighted by atomic mass is 15.2. The van der Waals surface area contributed by atoms with Crippen LogP contribution in [0, 0.1) is 11.8 Å². The molecule has 0 bridgehead atoms. The lowest BCUT2D eigenvalue weighted by molar-refractivity contribution is 1.10. The normalized spacial score (nSPS) is 9.88. The predicted molar refractivity (Wildman–Crippen MR) is 65.4 cm³/mol. The van der Waals surface area contributed by atoms with Crippen molar-refractivity contribution in [1.82, 2.24) is 14.6 Å². The van der Waals surface area contributed by atoms with Crippen molar-refractivity contribution in [3.63, 3.8) is 0 Å². The summed E-state index contributed by atoms with van der Waals surface area (Å²) < 4.78 is 1.86. The van der Waals surface area contributed by atoms with E-state index in [0.29, 0.717) is 0 Å². The monoisotopic (exact) mass is 219 g/mol. The lowest BCUT2D eigenvalue weighted by Gasteiger charge is -1.93. The molecular weight excluding hydrogens is 210 g/mol. The Hall–Kier alpha value is -2.60. The molecule has 80 valence electrons. The zero-order valence-corrected chi connectivity index (χ0v) is 9.04. The summed E-state index contributed by atoms with van der Waals surface area (Å²) in [5, 5.41) is 7.90. The average Bonchev–Trinajstić information content (AvgIpc) is 2.86. The van der Waals surface area contributed by atoms with E-state index in [-0.39, 0.29) is 0 Å². The molecule has 0 radical (unpaired) electrons. The summed E-state index contributed by atoms with van der Waals surface area (Å²) in [5.74, 6) is 6.23. The summed E-state index contributed by atoms with van der Waals surface area (Å²) in [4.78, 5) is 0. The van der Waals surface area contributed by atoms with Crippen LogP contribution in [-0.4, -0.2) is 14.6 Å². The maximum Gasteiger partial charge on any atom is 0.176 e. The van der Waals surface area contributed by atoms with Gasteiger partial charge in [-0.1, -0.05) is 30.0 Å². The fourth-order valence-corrected chi connectivity index (χ4v) is 1.61. The lowest BCUT2D eigenvalue weighted by atomic mass is 10.2. The van der Waals surface area contributed by atoms with E-state index in [1.165, 1.54) is 0 Å². The topological polar surface area (TPSA) is 30.2 Å². The summed E-state index contributed by atoms with van der Waals surface area (Å²) in [6, 6.07) is 13.8. The van der Waals surface area contributed by atoms with Gasteiger partial charge in [-0.2, -0.15) is 0 Å². The first-order valence-electron chi connectivity index (χ1n) is 5.29. The molecule has 2 heterocycles. The maximum absolute atomic E-state index is 4.04. The van der Waals surface area contributed by atoms with E-state index in [4.69, 9.17) is 0 Å². The fourth-order valence-electron chi connectivity index (χ4n) is 1.61. The van der Waals surface area contributed by atoms with Gasteiger partial charge in [0.15, 0.2) is 5.65 Å². The number of benzene rings is 1.